The van der Waals surface area contributed by atoms with Gasteiger partial charge in [-0.25, -0.2) is 4.39 Å². The monoisotopic (exact) mass is 345 g/mol. The number of morpholine rings is 1. The highest BCUT2D eigenvalue weighted by Crippen LogP contribution is 2.35. The van der Waals surface area contributed by atoms with Gasteiger partial charge in [0.15, 0.2) is 0 Å². The molecule has 25 heavy (non-hydrogen) atoms. The molecular formula is C18H20FN3O3. The molecule has 0 unspecified atom stereocenters. The van der Waals surface area contributed by atoms with Crippen LogP contribution >= 0.6 is 0 Å². The summed E-state index contributed by atoms with van der Waals surface area (Å²) in [6.07, 6.45) is 2.97. The van der Waals surface area contributed by atoms with Crippen LogP contribution in [0.15, 0.2) is 30.5 Å². The van der Waals surface area contributed by atoms with Gasteiger partial charge in [-0.3, -0.25) is 9.89 Å². The van der Waals surface area contributed by atoms with Gasteiger partial charge in [-0.05, 0) is 30.9 Å². The first-order valence-electron chi connectivity index (χ1n) is 8.50. The van der Waals surface area contributed by atoms with E-state index in [4.69, 9.17) is 4.74 Å². The van der Waals surface area contributed by atoms with Crippen molar-refractivity contribution in [1.82, 2.24) is 15.1 Å². The van der Waals surface area contributed by atoms with E-state index in [1.165, 1.54) is 18.3 Å². The lowest BCUT2D eigenvalue weighted by atomic mass is 10.0. The average molecular weight is 345 g/mol. The van der Waals surface area contributed by atoms with Crippen molar-refractivity contribution >= 4 is 5.91 Å². The zero-order valence-corrected chi connectivity index (χ0v) is 13.7. The Labute approximate surface area is 144 Å². The predicted molar refractivity (Wildman–Crippen MR) is 88.4 cm³/mol. The Morgan fingerprint density at radius 3 is 3.12 bits per heavy atom. The van der Waals surface area contributed by atoms with E-state index in [0.717, 1.165) is 12.8 Å². The van der Waals surface area contributed by atoms with Crippen LogP contribution in [0, 0.1) is 11.7 Å². The van der Waals surface area contributed by atoms with Crippen LogP contribution in [0.1, 0.15) is 23.2 Å². The molecule has 2 heterocycles. The van der Waals surface area contributed by atoms with Gasteiger partial charge >= 0.3 is 0 Å². The van der Waals surface area contributed by atoms with E-state index < -0.39 is 0 Å². The van der Waals surface area contributed by atoms with Crippen LogP contribution in [-0.2, 0) is 4.74 Å². The lowest BCUT2D eigenvalue weighted by Gasteiger charge is -2.37. The van der Waals surface area contributed by atoms with Crippen molar-refractivity contribution in [3.63, 3.8) is 0 Å². The number of ether oxygens (including phenoxy) is 1. The number of rotatable bonds is 3. The van der Waals surface area contributed by atoms with Crippen LogP contribution in [0.3, 0.4) is 0 Å². The number of nitrogens with zero attached hydrogens (tertiary/aromatic N) is 2. The molecule has 0 radical (unpaired) electrons. The maximum absolute atomic E-state index is 13.5. The van der Waals surface area contributed by atoms with Crippen LogP contribution < -0.4 is 0 Å². The van der Waals surface area contributed by atoms with Crippen molar-refractivity contribution in [2.45, 2.75) is 25.0 Å². The third-order valence-electron chi connectivity index (χ3n) is 5.14. The Morgan fingerprint density at radius 1 is 1.44 bits per heavy atom. The van der Waals surface area contributed by atoms with Gasteiger partial charge in [-0.2, -0.15) is 5.10 Å². The number of carbonyl (C=O) groups is 1. The highest BCUT2D eigenvalue weighted by atomic mass is 19.1. The number of aliphatic hydroxyl groups is 1. The maximum Gasteiger partial charge on any atom is 0.258 e. The largest absolute Gasteiger partial charge is 0.396 e. The molecule has 1 aliphatic carbocycles. The van der Waals surface area contributed by atoms with Gasteiger partial charge in [0.25, 0.3) is 5.91 Å². The molecule has 1 aromatic heterocycles. The fraction of sp³-hybridized carbons (Fsp3) is 0.444. The zero-order valence-electron chi connectivity index (χ0n) is 13.7. The Bertz CT molecular complexity index is 778. The number of halogens is 1. The zero-order chi connectivity index (χ0) is 17.4. The summed E-state index contributed by atoms with van der Waals surface area (Å²) in [7, 11) is 0. The number of carbonyl (C=O) groups excluding carboxylic acids is 1. The van der Waals surface area contributed by atoms with Crippen molar-refractivity contribution in [3.05, 3.63) is 41.8 Å². The molecule has 7 heteroatoms. The molecule has 3 atom stereocenters. The molecule has 6 nitrogen and oxygen atoms in total. The van der Waals surface area contributed by atoms with Gasteiger partial charge in [0, 0.05) is 18.7 Å². The minimum absolute atomic E-state index is 0.0284. The molecule has 4 rings (SSSR count). The number of hydrogen-bond donors (Lipinski definition) is 2. The smallest absolute Gasteiger partial charge is 0.258 e. The molecule has 0 spiro atoms. The highest BCUT2D eigenvalue weighted by molar-refractivity contribution is 6.00. The molecule has 2 fully saturated rings. The SMILES string of the molecule is O=C(c1cn[nH]c1-c1cccc(F)c1)N1CCO[C@H]2C[C@H](CO)C[C@@H]21. The molecule has 2 N–H and O–H groups in total. The molecule has 132 valence electrons. The molecular weight excluding hydrogens is 325 g/mol. The summed E-state index contributed by atoms with van der Waals surface area (Å²) in [5, 5.41) is 16.2. The second-order valence-electron chi connectivity index (χ2n) is 6.66. The predicted octanol–water partition coefficient (Wildman–Crippen LogP) is 1.83. The summed E-state index contributed by atoms with van der Waals surface area (Å²) < 4.78 is 19.3. The van der Waals surface area contributed by atoms with Crippen molar-refractivity contribution in [2.75, 3.05) is 19.8 Å². The van der Waals surface area contributed by atoms with Gasteiger partial charge in [0.1, 0.15) is 5.82 Å². The average Bonchev–Trinajstić information content (AvgIpc) is 3.27. The fourth-order valence-electron chi connectivity index (χ4n) is 3.92. The van der Waals surface area contributed by atoms with Gasteiger partial charge in [-0.15, -0.1) is 0 Å². The summed E-state index contributed by atoms with van der Waals surface area (Å²) in [4.78, 5) is 14.9. The van der Waals surface area contributed by atoms with Crippen molar-refractivity contribution < 1.29 is 19.0 Å². The minimum Gasteiger partial charge on any atom is -0.396 e. The van der Waals surface area contributed by atoms with Crippen LogP contribution in [-0.4, -0.2) is 58.0 Å². The van der Waals surface area contributed by atoms with Crippen LogP contribution in [0.2, 0.25) is 0 Å². The summed E-state index contributed by atoms with van der Waals surface area (Å²) in [6, 6.07) is 6.06. The van der Waals surface area contributed by atoms with Crippen LogP contribution in [0.4, 0.5) is 4.39 Å². The molecule has 2 aliphatic rings. The fourth-order valence-corrected chi connectivity index (χ4v) is 3.92. The summed E-state index contributed by atoms with van der Waals surface area (Å²) in [6.45, 7) is 1.10. The summed E-state index contributed by atoms with van der Waals surface area (Å²) >= 11 is 0. The Kier molecular flexibility index (Phi) is 4.27. The first-order valence-corrected chi connectivity index (χ1v) is 8.50. The Morgan fingerprint density at radius 2 is 2.32 bits per heavy atom. The van der Waals surface area contributed by atoms with E-state index in [9.17, 15) is 14.3 Å². The molecule has 1 aliphatic heterocycles. The maximum atomic E-state index is 13.5. The minimum atomic E-state index is -0.362. The second-order valence-corrected chi connectivity index (χ2v) is 6.66. The number of H-pyrrole nitrogens is 1. The van der Waals surface area contributed by atoms with E-state index >= 15 is 0 Å². The number of hydrogen-bond acceptors (Lipinski definition) is 4. The van der Waals surface area contributed by atoms with Gasteiger partial charge in [0.05, 0.1) is 36.2 Å². The standard InChI is InChI=1S/C18H20FN3O3/c19-13-3-1-2-12(8-13)17-14(9-20-21-17)18(24)22-4-5-25-16-7-11(10-23)6-15(16)22/h1-3,8-9,11,15-16,23H,4-7,10H2,(H,20,21)/t11-,15+,16+/m1/s1. The van der Waals surface area contributed by atoms with Gasteiger partial charge in [0.2, 0.25) is 0 Å². The van der Waals surface area contributed by atoms with E-state index in [1.807, 2.05) is 4.90 Å². The Balaban J connectivity index is 1.62. The first kappa shape index (κ1) is 16.2. The number of aromatic nitrogens is 2. The number of amides is 1. The van der Waals surface area contributed by atoms with E-state index in [1.54, 1.807) is 12.1 Å². The molecule has 1 saturated heterocycles. The number of aromatic amines is 1. The summed E-state index contributed by atoms with van der Waals surface area (Å²) in [5.74, 6) is -0.334. The quantitative estimate of drug-likeness (QED) is 0.890. The lowest BCUT2D eigenvalue weighted by molar-refractivity contribution is -0.0448. The first-order chi connectivity index (χ1) is 12.2. The highest BCUT2D eigenvalue weighted by Gasteiger charge is 2.43. The lowest BCUT2D eigenvalue weighted by Crippen LogP contribution is -2.51. The summed E-state index contributed by atoms with van der Waals surface area (Å²) in [5.41, 5.74) is 1.54. The Hall–Kier alpha value is -2.25. The number of aliphatic hydroxyl groups excluding tert-OH is 1. The molecule has 2 aromatic rings. The number of benzene rings is 1. The van der Waals surface area contributed by atoms with Gasteiger partial charge in [-0.1, -0.05) is 12.1 Å². The van der Waals surface area contributed by atoms with Crippen molar-refractivity contribution in [3.8, 4) is 11.3 Å². The second kappa shape index (κ2) is 6.57. The normalized spacial score (nSPS) is 25.8. The van der Waals surface area contributed by atoms with Crippen molar-refractivity contribution in [1.29, 1.82) is 0 Å². The third-order valence-corrected chi connectivity index (χ3v) is 5.14. The van der Waals surface area contributed by atoms with Gasteiger partial charge < -0.3 is 14.7 Å². The number of fused-ring (bicyclic) bond motifs is 1. The van der Waals surface area contributed by atoms with E-state index in [0.29, 0.717) is 30.0 Å². The van der Waals surface area contributed by atoms with Crippen molar-refractivity contribution in [2.24, 2.45) is 5.92 Å². The van der Waals surface area contributed by atoms with E-state index in [2.05, 4.69) is 10.2 Å². The topological polar surface area (TPSA) is 78.5 Å². The van der Waals surface area contributed by atoms with Crippen LogP contribution in [0.5, 0.6) is 0 Å². The third kappa shape index (κ3) is 2.94. The van der Waals surface area contributed by atoms with Crippen LogP contribution in [0.25, 0.3) is 11.3 Å². The molecule has 1 amide bonds. The van der Waals surface area contributed by atoms with E-state index in [-0.39, 0.29) is 36.4 Å². The number of nitrogens with one attached hydrogen (secondary N) is 1. The molecule has 1 saturated carbocycles. The molecule has 1 aromatic carbocycles. The molecule has 0 bridgehead atoms.